The first-order valence-corrected chi connectivity index (χ1v) is 16.5. The Morgan fingerprint density at radius 1 is 0.923 bits per heavy atom. The smallest absolute Gasteiger partial charge is 0.435 e. The van der Waals surface area contributed by atoms with Crippen molar-refractivity contribution < 1.29 is 51.7 Å². The molecule has 52 heavy (non-hydrogen) atoms. The predicted octanol–water partition coefficient (Wildman–Crippen LogP) is 2.59. The van der Waals surface area contributed by atoms with Crippen LogP contribution in [-0.2, 0) is 36.6 Å². The molecule has 14 nitrogen and oxygen atoms in total. The third kappa shape index (κ3) is 11.1. The number of ketones is 1. The molecule has 0 radical (unpaired) electrons. The number of carbonyl (C=O) groups is 5. The average molecular weight is 731 g/mol. The molecule has 17 heteroatoms. The maximum Gasteiger partial charge on any atom is 0.435 e. The number of aromatic nitrogens is 2. The summed E-state index contributed by atoms with van der Waals surface area (Å²) >= 11 is 0. The molecule has 280 valence electrons. The Morgan fingerprint density at radius 2 is 1.58 bits per heavy atom. The van der Waals surface area contributed by atoms with Gasteiger partial charge >= 0.3 is 12.1 Å². The largest absolute Gasteiger partial charge is 0.481 e. The first kappa shape index (κ1) is 39.5. The van der Waals surface area contributed by atoms with Crippen LogP contribution < -0.4 is 20.7 Å². The van der Waals surface area contributed by atoms with Gasteiger partial charge in [-0.3, -0.25) is 28.9 Å². The van der Waals surface area contributed by atoms with Crippen molar-refractivity contribution >= 4 is 29.5 Å². The van der Waals surface area contributed by atoms with Crippen LogP contribution in [0.1, 0.15) is 48.8 Å². The summed E-state index contributed by atoms with van der Waals surface area (Å²) in [7, 11) is 0. The van der Waals surface area contributed by atoms with E-state index < -0.39 is 84.3 Å². The highest BCUT2D eigenvalue weighted by atomic mass is 19.4. The third-order valence-corrected chi connectivity index (χ3v) is 8.13. The lowest BCUT2D eigenvalue weighted by molar-refractivity contribution is -0.142. The predicted molar refractivity (Wildman–Crippen MR) is 179 cm³/mol. The summed E-state index contributed by atoms with van der Waals surface area (Å²) in [5.74, 6) is -5.40. The van der Waals surface area contributed by atoms with Crippen molar-refractivity contribution in [2.45, 2.75) is 58.0 Å². The summed E-state index contributed by atoms with van der Waals surface area (Å²) in [6.45, 7) is 7.44. The van der Waals surface area contributed by atoms with E-state index in [9.17, 15) is 42.3 Å². The van der Waals surface area contributed by atoms with E-state index in [1.165, 1.54) is 19.1 Å². The molecule has 2 aromatic carbocycles. The zero-order valence-electron chi connectivity index (χ0n) is 28.8. The highest BCUT2D eigenvalue weighted by Gasteiger charge is 2.36. The van der Waals surface area contributed by atoms with E-state index in [-0.39, 0.29) is 5.69 Å². The number of halogens is 3. The number of alkyl halides is 3. The lowest BCUT2D eigenvalue weighted by Crippen LogP contribution is -2.56. The summed E-state index contributed by atoms with van der Waals surface area (Å²) < 4.78 is 51.8. The fourth-order valence-corrected chi connectivity index (χ4v) is 5.23. The summed E-state index contributed by atoms with van der Waals surface area (Å²) in [5.41, 5.74) is 0.256. The Balaban J connectivity index is 1.36. The number of carboxylic acids is 1. The lowest BCUT2D eigenvalue weighted by Gasteiger charge is -2.26. The van der Waals surface area contributed by atoms with Gasteiger partial charge in [-0.05, 0) is 42.7 Å². The third-order valence-electron chi connectivity index (χ3n) is 8.13. The number of carbonyl (C=O) groups excluding carboxylic acids is 4. The van der Waals surface area contributed by atoms with Crippen LogP contribution in [0.25, 0.3) is 5.69 Å². The van der Waals surface area contributed by atoms with Crippen LogP contribution in [0.3, 0.4) is 0 Å². The summed E-state index contributed by atoms with van der Waals surface area (Å²) in [6, 6.07) is 11.2. The van der Waals surface area contributed by atoms with E-state index in [1.807, 2.05) is 12.1 Å². The van der Waals surface area contributed by atoms with Crippen LogP contribution >= 0.6 is 0 Å². The minimum atomic E-state index is -4.82. The van der Waals surface area contributed by atoms with Crippen molar-refractivity contribution in [3.05, 3.63) is 77.5 Å². The van der Waals surface area contributed by atoms with Gasteiger partial charge in [0.05, 0.1) is 25.3 Å². The molecule has 0 bridgehead atoms. The van der Waals surface area contributed by atoms with E-state index in [0.29, 0.717) is 31.4 Å². The highest BCUT2D eigenvalue weighted by Crippen LogP contribution is 2.32. The zero-order valence-corrected chi connectivity index (χ0v) is 28.8. The molecule has 3 aromatic rings. The standard InChI is InChI=1S/C35H41F3N6O8/c1-21(2)31(41-33(49)24-11-9-23(10-12-24)19-43-13-15-51-16-14-43)34(50)39-22(3)32(48)40-26(17-30(46)47)27(45)20-52-29-18-28(35(36,37)38)42-44(29)25-7-5-4-6-8-25/h4-12,18,21-22,26,31H,13-17,19-20H2,1-3H3,(H,39,50)(H,40,48)(H,41,49)(H,46,47)/t22-,26-,31-/m0/s1. The maximum atomic E-state index is 13.4. The number of amides is 3. The number of Topliss-reactive ketones (excluding diaryl/α,β-unsaturated/α-hetero) is 1. The number of carboxylic acid groups (broad SMARTS) is 1. The minimum Gasteiger partial charge on any atom is -0.481 e. The van der Waals surface area contributed by atoms with Gasteiger partial charge in [0.15, 0.2) is 18.1 Å². The number of rotatable bonds is 16. The summed E-state index contributed by atoms with van der Waals surface area (Å²) in [4.78, 5) is 66.2. The SMILES string of the molecule is CC(C)[C@H](NC(=O)c1ccc(CN2CCOCC2)cc1)C(=O)N[C@@H](C)C(=O)N[C@@H](CC(=O)O)C(=O)COc1cc(C(F)(F)F)nn1-c1ccccc1. The van der Waals surface area contributed by atoms with Crippen LogP contribution in [0.2, 0.25) is 0 Å². The van der Waals surface area contributed by atoms with Crippen molar-refractivity contribution in [3.63, 3.8) is 0 Å². The number of nitrogens with zero attached hydrogens (tertiary/aromatic N) is 3. The van der Waals surface area contributed by atoms with Crippen molar-refractivity contribution in [1.29, 1.82) is 0 Å². The van der Waals surface area contributed by atoms with Crippen molar-refractivity contribution in [1.82, 2.24) is 30.6 Å². The second-order valence-corrected chi connectivity index (χ2v) is 12.5. The molecule has 1 aromatic heterocycles. The van der Waals surface area contributed by atoms with Gasteiger partial charge in [-0.2, -0.15) is 18.3 Å². The van der Waals surface area contributed by atoms with Crippen LogP contribution in [0, 0.1) is 5.92 Å². The average Bonchev–Trinajstić information content (AvgIpc) is 3.55. The van der Waals surface area contributed by atoms with Crippen molar-refractivity contribution in [2.24, 2.45) is 5.92 Å². The monoisotopic (exact) mass is 730 g/mol. The van der Waals surface area contributed by atoms with Crippen LogP contribution in [0.15, 0.2) is 60.7 Å². The molecule has 0 aliphatic carbocycles. The Morgan fingerprint density at radius 3 is 2.17 bits per heavy atom. The fourth-order valence-electron chi connectivity index (χ4n) is 5.23. The Labute approximate surface area is 297 Å². The number of nitrogens with one attached hydrogen (secondary N) is 3. The van der Waals surface area contributed by atoms with Gasteiger partial charge in [0, 0.05) is 31.3 Å². The minimum absolute atomic E-state index is 0.202. The number of hydrogen-bond donors (Lipinski definition) is 4. The molecule has 4 rings (SSSR count). The van der Waals surface area contributed by atoms with Gasteiger partial charge < -0.3 is 30.5 Å². The molecule has 1 fully saturated rings. The Kier molecular flexibility index (Phi) is 13.5. The normalized spacial score (nSPS) is 15.3. The van der Waals surface area contributed by atoms with E-state index in [1.54, 1.807) is 44.2 Å². The first-order chi connectivity index (χ1) is 24.6. The molecule has 2 heterocycles. The fraction of sp³-hybridized carbons (Fsp3) is 0.429. The molecule has 1 saturated heterocycles. The Hall–Kier alpha value is -5.29. The molecule has 4 N–H and O–H groups in total. The molecular weight excluding hydrogens is 689 g/mol. The van der Waals surface area contributed by atoms with Gasteiger partial charge in [0.1, 0.15) is 18.1 Å². The molecule has 0 saturated carbocycles. The summed E-state index contributed by atoms with van der Waals surface area (Å²) in [5, 5.41) is 20.4. The van der Waals surface area contributed by atoms with E-state index in [0.717, 1.165) is 23.3 Å². The molecule has 3 amide bonds. The van der Waals surface area contributed by atoms with Gasteiger partial charge in [-0.25, -0.2) is 4.68 Å². The Bertz CT molecular complexity index is 1710. The molecule has 0 unspecified atom stereocenters. The number of para-hydroxylation sites is 1. The first-order valence-electron chi connectivity index (χ1n) is 16.5. The van der Waals surface area contributed by atoms with Crippen molar-refractivity contribution in [3.8, 4) is 11.6 Å². The lowest BCUT2D eigenvalue weighted by atomic mass is 10.0. The quantitative estimate of drug-likeness (QED) is 0.171. The van der Waals surface area contributed by atoms with E-state index in [4.69, 9.17) is 9.47 Å². The molecule has 3 atom stereocenters. The second-order valence-electron chi connectivity index (χ2n) is 12.5. The number of hydrogen-bond acceptors (Lipinski definition) is 9. The molecule has 1 aliphatic rings. The van der Waals surface area contributed by atoms with Gasteiger partial charge in [0.25, 0.3) is 5.91 Å². The zero-order chi connectivity index (χ0) is 38.0. The molecule has 0 spiro atoms. The second kappa shape index (κ2) is 17.8. The van der Waals surface area contributed by atoms with E-state index in [2.05, 4.69) is 25.9 Å². The molecular formula is C35H41F3N6O8. The highest BCUT2D eigenvalue weighted by molar-refractivity contribution is 5.99. The topological polar surface area (TPSA) is 181 Å². The van der Waals surface area contributed by atoms with Gasteiger partial charge in [0.2, 0.25) is 17.7 Å². The summed E-state index contributed by atoms with van der Waals surface area (Å²) in [6.07, 6.45) is -5.70. The van der Waals surface area contributed by atoms with Crippen LogP contribution in [-0.4, -0.2) is 100 Å². The van der Waals surface area contributed by atoms with E-state index >= 15 is 0 Å². The van der Waals surface area contributed by atoms with Crippen molar-refractivity contribution in [2.75, 3.05) is 32.9 Å². The van der Waals surface area contributed by atoms with Crippen LogP contribution in [0.5, 0.6) is 5.88 Å². The molecule has 1 aliphatic heterocycles. The maximum absolute atomic E-state index is 13.4. The number of morpholine rings is 1. The van der Waals surface area contributed by atoms with Gasteiger partial charge in [-0.15, -0.1) is 0 Å². The number of ether oxygens (including phenoxy) is 2. The number of aliphatic carboxylic acids is 1. The number of benzene rings is 2. The van der Waals surface area contributed by atoms with Gasteiger partial charge in [-0.1, -0.05) is 44.2 Å². The van der Waals surface area contributed by atoms with Crippen LogP contribution in [0.4, 0.5) is 13.2 Å².